The monoisotopic (exact) mass is 193 g/mol. The van der Waals surface area contributed by atoms with E-state index in [1.165, 1.54) is 0 Å². The first-order valence-corrected chi connectivity index (χ1v) is 4.47. The molecular weight excluding hydrogens is 178 g/mol. The average Bonchev–Trinajstić information content (AvgIpc) is 2.43. The average molecular weight is 193 g/mol. The van der Waals surface area contributed by atoms with Crippen LogP contribution in [-0.2, 0) is 9.53 Å². The number of hydrogen-bond acceptors (Lipinski definition) is 2. The minimum absolute atomic E-state index is 0.0390. The number of carbonyl (C=O) groups excluding carboxylic acids is 1. The van der Waals surface area contributed by atoms with E-state index in [0.717, 1.165) is 5.57 Å². The summed E-state index contributed by atoms with van der Waals surface area (Å²) in [6, 6.07) is 0. The summed E-state index contributed by atoms with van der Waals surface area (Å²) in [6.07, 6.45) is 5.42. The number of likely N-dealkylation sites (N-methyl/N-ethyl adjacent to an activating group) is 1. The highest BCUT2D eigenvalue weighted by atomic mass is 16.5. The van der Waals surface area contributed by atoms with Gasteiger partial charge in [-0.05, 0) is 5.57 Å². The Balaban J connectivity index is 2.79. The lowest BCUT2D eigenvalue weighted by atomic mass is 10.1. The van der Waals surface area contributed by atoms with E-state index in [0.29, 0.717) is 18.7 Å². The number of carbonyl (C=O) groups is 1. The fraction of sp³-hybridized carbons (Fsp3) is 0.364. The van der Waals surface area contributed by atoms with Gasteiger partial charge in [0.25, 0.3) is 5.91 Å². The fourth-order valence-electron chi connectivity index (χ4n) is 1.40. The van der Waals surface area contributed by atoms with Crippen LogP contribution in [0.2, 0.25) is 0 Å². The van der Waals surface area contributed by atoms with Crippen molar-refractivity contribution < 1.29 is 9.53 Å². The third kappa shape index (κ3) is 2.12. The molecule has 0 atom stereocenters. The van der Waals surface area contributed by atoms with Crippen molar-refractivity contribution in [2.24, 2.45) is 0 Å². The summed E-state index contributed by atoms with van der Waals surface area (Å²) in [4.78, 5) is 13.2. The third-order valence-corrected chi connectivity index (χ3v) is 2.12. The first-order chi connectivity index (χ1) is 6.70. The van der Waals surface area contributed by atoms with Gasteiger partial charge in [-0.25, -0.2) is 0 Å². The van der Waals surface area contributed by atoms with Crippen molar-refractivity contribution >= 4 is 5.91 Å². The van der Waals surface area contributed by atoms with Crippen LogP contribution in [0, 0.1) is 0 Å². The summed E-state index contributed by atoms with van der Waals surface area (Å²) in [5.41, 5.74) is 1.70. The largest absolute Gasteiger partial charge is 0.381 e. The molecule has 0 aromatic heterocycles. The Morgan fingerprint density at radius 2 is 2.36 bits per heavy atom. The van der Waals surface area contributed by atoms with Crippen LogP contribution in [0.3, 0.4) is 0 Å². The Labute approximate surface area is 84.3 Å². The molecule has 0 saturated carbocycles. The lowest BCUT2D eigenvalue weighted by Crippen LogP contribution is -2.21. The van der Waals surface area contributed by atoms with Gasteiger partial charge in [-0.2, -0.15) is 0 Å². The van der Waals surface area contributed by atoms with Crippen molar-refractivity contribution in [2.75, 3.05) is 27.3 Å². The maximum atomic E-state index is 11.5. The number of methoxy groups -OCH3 is 1. The first-order valence-electron chi connectivity index (χ1n) is 4.47. The molecule has 1 rings (SSSR count). The maximum absolute atomic E-state index is 11.5. The maximum Gasteiger partial charge on any atom is 0.254 e. The molecule has 0 bridgehead atoms. The minimum atomic E-state index is 0.0390. The highest BCUT2D eigenvalue weighted by Crippen LogP contribution is 2.19. The van der Waals surface area contributed by atoms with Crippen molar-refractivity contribution in [1.82, 2.24) is 4.90 Å². The van der Waals surface area contributed by atoms with Gasteiger partial charge in [0.2, 0.25) is 0 Å². The van der Waals surface area contributed by atoms with Crippen molar-refractivity contribution in [1.29, 1.82) is 0 Å². The first kappa shape index (κ1) is 10.7. The molecule has 0 spiro atoms. The van der Waals surface area contributed by atoms with Gasteiger partial charge in [-0.1, -0.05) is 24.8 Å². The van der Waals surface area contributed by atoms with E-state index < -0.39 is 0 Å². The van der Waals surface area contributed by atoms with Crippen molar-refractivity contribution in [3.63, 3.8) is 0 Å². The van der Waals surface area contributed by atoms with Gasteiger partial charge in [0.1, 0.15) is 0 Å². The summed E-state index contributed by atoms with van der Waals surface area (Å²) in [5, 5.41) is 0. The lowest BCUT2D eigenvalue weighted by molar-refractivity contribution is -0.124. The number of amides is 1. The fourth-order valence-corrected chi connectivity index (χ4v) is 1.40. The van der Waals surface area contributed by atoms with Crippen LogP contribution in [0.4, 0.5) is 0 Å². The summed E-state index contributed by atoms with van der Waals surface area (Å²) in [6.45, 7) is 4.85. The quantitative estimate of drug-likeness (QED) is 0.670. The molecule has 0 radical (unpaired) electrons. The Kier molecular flexibility index (Phi) is 3.65. The molecule has 0 fully saturated rings. The topological polar surface area (TPSA) is 29.5 Å². The molecule has 76 valence electrons. The zero-order chi connectivity index (χ0) is 10.6. The SMILES string of the molecule is C=CC1=C(/C=C\COC)CN(C)C1=O. The van der Waals surface area contributed by atoms with Crippen LogP contribution in [0.1, 0.15) is 0 Å². The van der Waals surface area contributed by atoms with Gasteiger partial charge >= 0.3 is 0 Å². The van der Waals surface area contributed by atoms with Crippen LogP contribution < -0.4 is 0 Å². The number of ether oxygens (including phenoxy) is 1. The minimum Gasteiger partial charge on any atom is -0.381 e. The lowest BCUT2D eigenvalue weighted by Gasteiger charge is -2.06. The molecule has 0 aliphatic carbocycles. The van der Waals surface area contributed by atoms with Crippen LogP contribution in [-0.4, -0.2) is 38.1 Å². The van der Waals surface area contributed by atoms with Gasteiger partial charge in [-0.15, -0.1) is 0 Å². The Morgan fingerprint density at radius 1 is 1.64 bits per heavy atom. The van der Waals surface area contributed by atoms with Gasteiger partial charge in [0.05, 0.1) is 6.61 Å². The summed E-state index contributed by atoms with van der Waals surface area (Å²) in [7, 11) is 3.42. The molecule has 1 aliphatic rings. The molecule has 0 N–H and O–H groups in total. The van der Waals surface area contributed by atoms with Crippen molar-refractivity contribution in [2.45, 2.75) is 0 Å². The normalized spacial score (nSPS) is 17.3. The molecule has 0 saturated heterocycles. The van der Waals surface area contributed by atoms with Gasteiger partial charge in [-0.3, -0.25) is 4.79 Å². The Morgan fingerprint density at radius 3 is 2.93 bits per heavy atom. The van der Waals surface area contributed by atoms with Gasteiger partial charge in [0.15, 0.2) is 0 Å². The second-order valence-corrected chi connectivity index (χ2v) is 3.16. The van der Waals surface area contributed by atoms with Gasteiger partial charge < -0.3 is 9.64 Å². The number of hydrogen-bond donors (Lipinski definition) is 0. The molecule has 1 heterocycles. The van der Waals surface area contributed by atoms with Crippen LogP contribution >= 0.6 is 0 Å². The van der Waals surface area contributed by atoms with Crippen LogP contribution in [0.25, 0.3) is 0 Å². The zero-order valence-electron chi connectivity index (χ0n) is 8.62. The van der Waals surface area contributed by atoms with Crippen LogP contribution in [0.5, 0.6) is 0 Å². The molecule has 14 heavy (non-hydrogen) atoms. The smallest absolute Gasteiger partial charge is 0.254 e. The third-order valence-electron chi connectivity index (χ3n) is 2.12. The van der Waals surface area contributed by atoms with Crippen molar-refractivity contribution in [3.05, 3.63) is 36.0 Å². The molecule has 1 amide bonds. The Bertz CT molecular complexity index is 302. The molecule has 0 unspecified atom stereocenters. The van der Waals surface area contributed by atoms with E-state index in [1.54, 1.807) is 25.1 Å². The molecule has 0 aromatic carbocycles. The Hall–Kier alpha value is -1.35. The summed E-state index contributed by atoms with van der Waals surface area (Å²) >= 11 is 0. The molecule has 3 heteroatoms. The highest BCUT2D eigenvalue weighted by molar-refractivity contribution is 6.00. The zero-order valence-corrected chi connectivity index (χ0v) is 8.62. The summed E-state index contributed by atoms with van der Waals surface area (Å²) < 4.78 is 4.89. The second-order valence-electron chi connectivity index (χ2n) is 3.16. The number of rotatable bonds is 4. The van der Waals surface area contributed by atoms with Gasteiger partial charge in [0, 0.05) is 26.3 Å². The van der Waals surface area contributed by atoms with E-state index in [9.17, 15) is 4.79 Å². The van der Waals surface area contributed by atoms with E-state index in [1.807, 2.05) is 12.2 Å². The summed E-state index contributed by atoms with van der Waals surface area (Å²) in [5.74, 6) is 0.0390. The predicted molar refractivity (Wildman–Crippen MR) is 55.9 cm³/mol. The van der Waals surface area contributed by atoms with E-state index in [-0.39, 0.29) is 5.91 Å². The van der Waals surface area contributed by atoms with Crippen molar-refractivity contribution in [3.8, 4) is 0 Å². The van der Waals surface area contributed by atoms with E-state index in [2.05, 4.69) is 6.58 Å². The molecular formula is C11H15NO2. The molecule has 0 aromatic rings. The molecule has 3 nitrogen and oxygen atoms in total. The van der Waals surface area contributed by atoms with Crippen LogP contribution in [0.15, 0.2) is 36.0 Å². The number of nitrogens with zero attached hydrogens (tertiary/aromatic N) is 1. The molecule has 1 aliphatic heterocycles. The second kappa shape index (κ2) is 4.77. The highest BCUT2D eigenvalue weighted by Gasteiger charge is 2.23. The predicted octanol–water partition coefficient (Wildman–Crippen LogP) is 1.14. The standard InChI is InChI=1S/C11H15NO2/c1-4-10-9(6-5-7-14-3)8-12(2)11(10)13/h4-6H,1,7-8H2,2-3H3/b6-5-. The van der Waals surface area contributed by atoms with E-state index >= 15 is 0 Å². The van der Waals surface area contributed by atoms with E-state index in [4.69, 9.17) is 4.74 Å².